The number of thiocarbonyl (C=S) groups is 1. The number of unbranched alkanes of at least 4 members (excludes halogenated alkanes) is 2. The van der Waals surface area contributed by atoms with Crippen LogP contribution in [0.1, 0.15) is 43.7 Å². The van der Waals surface area contributed by atoms with Crippen LogP contribution in [0, 0.1) is 6.92 Å². The molecule has 0 saturated heterocycles. The highest BCUT2D eigenvalue weighted by Gasteiger charge is 2.03. The first-order valence-electron chi connectivity index (χ1n) is 7.66. The lowest BCUT2D eigenvalue weighted by atomic mass is 10.1. The lowest BCUT2D eigenvalue weighted by Gasteiger charge is -2.09. The minimum absolute atomic E-state index is 0.0624. The number of amides is 2. The predicted molar refractivity (Wildman–Crippen MR) is 96.4 cm³/mol. The Morgan fingerprint density at radius 1 is 1.13 bits per heavy atom. The van der Waals surface area contributed by atoms with E-state index in [1.807, 2.05) is 31.2 Å². The second-order valence-corrected chi connectivity index (χ2v) is 5.60. The zero-order valence-corrected chi connectivity index (χ0v) is 14.3. The molecule has 1 aromatic rings. The van der Waals surface area contributed by atoms with Crippen molar-refractivity contribution in [1.29, 1.82) is 0 Å². The summed E-state index contributed by atoms with van der Waals surface area (Å²) in [5.41, 5.74) is 7.05. The van der Waals surface area contributed by atoms with Gasteiger partial charge in [-0.2, -0.15) is 0 Å². The Balaban J connectivity index is 2.29. The fourth-order valence-electron chi connectivity index (χ4n) is 1.76. The van der Waals surface area contributed by atoms with Gasteiger partial charge in [-0.1, -0.05) is 49.6 Å². The lowest BCUT2D eigenvalue weighted by Crippen LogP contribution is -2.48. The number of aryl methyl sites for hydroxylation is 1. The second kappa shape index (κ2) is 10.5. The minimum Gasteiger partial charge on any atom is -0.298 e. The molecule has 1 aromatic carbocycles. The molecule has 0 aliphatic rings. The quantitative estimate of drug-likeness (QED) is 0.324. The number of benzene rings is 1. The van der Waals surface area contributed by atoms with Gasteiger partial charge in [-0.05, 0) is 37.2 Å². The molecule has 0 saturated carbocycles. The van der Waals surface area contributed by atoms with Gasteiger partial charge in [0.05, 0.1) is 0 Å². The van der Waals surface area contributed by atoms with Crippen LogP contribution >= 0.6 is 12.2 Å². The van der Waals surface area contributed by atoms with E-state index in [4.69, 9.17) is 12.2 Å². The third-order valence-corrected chi connectivity index (χ3v) is 3.27. The van der Waals surface area contributed by atoms with Gasteiger partial charge in [-0.3, -0.25) is 25.8 Å². The zero-order chi connectivity index (χ0) is 17.1. The van der Waals surface area contributed by atoms with Gasteiger partial charge in [0.2, 0.25) is 11.8 Å². The third-order valence-electron chi connectivity index (χ3n) is 3.06. The van der Waals surface area contributed by atoms with Crippen LogP contribution in [0.5, 0.6) is 0 Å². The second-order valence-electron chi connectivity index (χ2n) is 5.19. The Kier molecular flexibility index (Phi) is 8.60. The topological polar surface area (TPSA) is 70.2 Å². The minimum atomic E-state index is -0.358. The number of carbonyl (C=O) groups excluding carboxylic acids is 2. The van der Waals surface area contributed by atoms with E-state index in [2.05, 4.69) is 23.1 Å². The normalized spacial score (nSPS) is 10.3. The van der Waals surface area contributed by atoms with Gasteiger partial charge in [-0.25, -0.2) is 0 Å². The van der Waals surface area contributed by atoms with Crippen molar-refractivity contribution in [3.63, 3.8) is 0 Å². The summed E-state index contributed by atoms with van der Waals surface area (Å²) in [4.78, 5) is 23.2. The SMILES string of the molecule is CCCCCC(=O)NNC(=S)NC(=O)/C=C/c1ccc(C)cc1. The maximum absolute atomic E-state index is 11.7. The van der Waals surface area contributed by atoms with Crippen molar-refractivity contribution in [2.24, 2.45) is 0 Å². The van der Waals surface area contributed by atoms with Crippen molar-refractivity contribution >= 4 is 35.2 Å². The van der Waals surface area contributed by atoms with Gasteiger partial charge in [0.1, 0.15) is 0 Å². The standard InChI is InChI=1S/C17H23N3O2S/c1-3-4-5-6-16(22)19-20-17(23)18-15(21)12-11-14-9-7-13(2)8-10-14/h7-12H,3-6H2,1-2H3,(H,19,22)(H2,18,20,21,23)/b12-11+. The monoisotopic (exact) mass is 333 g/mol. The number of hydrogen-bond acceptors (Lipinski definition) is 3. The van der Waals surface area contributed by atoms with E-state index < -0.39 is 0 Å². The van der Waals surface area contributed by atoms with Crippen molar-refractivity contribution in [2.75, 3.05) is 0 Å². The number of hydrazine groups is 1. The molecular weight excluding hydrogens is 310 g/mol. The largest absolute Gasteiger partial charge is 0.298 e. The summed E-state index contributed by atoms with van der Waals surface area (Å²) in [6, 6.07) is 7.79. The Labute approximate surface area is 142 Å². The number of carbonyl (C=O) groups is 2. The molecule has 0 atom stereocenters. The van der Waals surface area contributed by atoms with Crippen molar-refractivity contribution in [3.8, 4) is 0 Å². The molecule has 0 radical (unpaired) electrons. The maximum atomic E-state index is 11.7. The molecule has 3 N–H and O–H groups in total. The van der Waals surface area contributed by atoms with Crippen LogP contribution in [0.25, 0.3) is 6.08 Å². The highest BCUT2D eigenvalue weighted by atomic mass is 32.1. The van der Waals surface area contributed by atoms with Gasteiger partial charge in [-0.15, -0.1) is 0 Å². The van der Waals surface area contributed by atoms with Crippen LogP contribution < -0.4 is 16.2 Å². The van der Waals surface area contributed by atoms with E-state index >= 15 is 0 Å². The highest BCUT2D eigenvalue weighted by Crippen LogP contribution is 2.04. The van der Waals surface area contributed by atoms with E-state index in [1.165, 1.54) is 6.08 Å². The molecule has 0 spiro atoms. The molecule has 0 fully saturated rings. The number of hydrogen-bond donors (Lipinski definition) is 3. The van der Waals surface area contributed by atoms with Crippen LogP contribution in [0.2, 0.25) is 0 Å². The molecule has 5 nitrogen and oxygen atoms in total. The van der Waals surface area contributed by atoms with Crippen molar-refractivity contribution < 1.29 is 9.59 Å². The van der Waals surface area contributed by atoms with Crippen molar-refractivity contribution in [1.82, 2.24) is 16.2 Å². The Morgan fingerprint density at radius 3 is 2.48 bits per heavy atom. The molecule has 23 heavy (non-hydrogen) atoms. The van der Waals surface area contributed by atoms with E-state index in [1.54, 1.807) is 6.08 Å². The first-order chi connectivity index (χ1) is 11.0. The molecule has 2 amide bonds. The Hall–Kier alpha value is -2.21. The van der Waals surface area contributed by atoms with Crippen LogP contribution in [-0.4, -0.2) is 16.9 Å². The average molecular weight is 333 g/mol. The molecule has 0 aliphatic heterocycles. The smallest absolute Gasteiger partial charge is 0.250 e. The summed E-state index contributed by atoms with van der Waals surface area (Å²) in [6.07, 6.45) is 6.43. The van der Waals surface area contributed by atoms with Crippen LogP contribution in [0.15, 0.2) is 30.3 Å². The zero-order valence-electron chi connectivity index (χ0n) is 13.5. The molecule has 124 valence electrons. The summed E-state index contributed by atoms with van der Waals surface area (Å²) in [5.74, 6) is -0.506. The lowest BCUT2D eigenvalue weighted by molar-refractivity contribution is -0.122. The van der Waals surface area contributed by atoms with Gasteiger partial charge >= 0.3 is 0 Å². The molecule has 0 aromatic heterocycles. The van der Waals surface area contributed by atoms with E-state index in [0.29, 0.717) is 6.42 Å². The van der Waals surface area contributed by atoms with E-state index in [9.17, 15) is 9.59 Å². The van der Waals surface area contributed by atoms with Gasteiger partial charge in [0.25, 0.3) is 0 Å². The maximum Gasteiger partial charge on any atom is 0.250 e. The van der Waals surface area contributed by atoms with Crippen LogP contribution in [0.4, 0.5) is 0 Å². The van der Waals surface area contributed by atoms with Gasteiger partial charge in [0.15, 0.2) is 5.11 Å². The van der Waals surface area contributed by atoms with Crippen LogP contribution in [0.3, 0.4) is 0 Å². The van der Waals surface area contributed by atoms with Gasteiger partial charge < -0.3 is 0 Å². The van der Waals surface area contributed by atoms with Crippen molar-refractivity contribution in [2.45, 2.75) is 39.5 Å². The summed E-state index contributed by atoms with van der Waals surface area (Å²) in [6.45, 7) is 4.08. The molecule has 0 bridgehead atoms. The predicted octanol–water partition coefficient (Wildman–Crippen LogP) is 2.61. The highest BCUT2D eigenvalue weighted by molar-refractivity contribution is 7.80. The fourth-order valence-corrected chi connectivity index (χ4v) is 1.91. The van der Waals surface area contributed by atoms with Gasteiger partial charge in [0, 0.05) is 12.5 Å². The molecule has 0 heterocycles. The van der Waals surface area contributed by atoms with Crippen molar-refractivity contribution in [3.05, 3.63) is 41.5 Å². The number of nitrogens with one attached hydrogen (secondary N) is 3. The molecule has 0 aliphatic carbocycles. The summed E-state index contributed by atoms with van der Waals surface area (Å²) < 4.78 is 0. The molecule has 1 rings (SSSR count). The van der Waals surface area contributed by atoms with E-state index in [-0.39, 0.29) is 16.9 Å². The van der Waals surface area contributed by atoms with E-state index in [0.717, 1.165) is 30.4 Å². The molecular formula is C17H23N3O2S. The van der Waals surface area contributed by atoms with Crippen LogP contribution in [-0.2, 0) is 9.59 Å². The first-order valence-corrected chi connectivity index (χ1v) is 8.06. The Bertz CT molecular complexity index is 568. The average Bonchev–Trinajstić information content (AvgIpc) is 2.52. The fraction of sp³-hybridized carbons (Fsp3) is 0.353. The summed E-state index contributed by atoms with van der Waals surface area (Å²) in [5, 5.41) is 2.53. The third kappa shape index (κ3) is 8.73. The summed E-state index contributed by atoms with van der Waals surface area (Å²) in [7, 11) is 0. The molecule has 6 heteroatoms. The summed E-state index contributed by atoms with van der Waals surface area (Å²) >= 11 is 4.94. The number of rotatable bonds is 6. The molecule has 0 unspecified atom stereocenters. The first kappa shape index (κ1) is 18.8. The Morgan fingerprint density at radius 2 is 1.83 bits per heavy atom.